The molecule has 1 aromatic carbocycles. The monoisotopic (exact) mass is 246 g/mol. The van der Waals surface area contributed by atoms with Gasteiger partial charge in [0.25, 0.3) is 0 Å². The average molecular weight is 246 g/mol. The largest absolute Gasteiger partial charge is 0.336 e. The molecule has 0 spiro atoms. The van der Waals surface area contributed by atoms with Crippen molar-refractivity contribution in [3.05, 3.63) is 34.9 Å². The van der Waals surface area contributed by atoms with E-state index in [9.17, 15) is 4.79 Å². The summed E-state index contributed by atoms with van der Waals surface area (Å²) >= 11 is 0. The van der Waals surface area contributed by atoms with Gasteiger partial charge in [-0.3, -0.25) is 4.79 Å². The molecule has 1 saturated heterocycles. The number of hydrogen-bond donors (Lipinski definition) is 1. The topological polar surface area (TPSA) is 46.3 Å². The van der Waals surface area contributed by atoms with Gasteiger partial charge in [-0.2, -0.15) is 0 Å². The lowest BCUT2D eigenvalue weighted by atomic mass is 9.96. The summed E-state index contributed by atoms with van der Waals surface area (Å²) in [6, 6.07) is 6.62. The molecule has 2 rings (SSSR count). The Morgan fingerprint density at radius 2 is 2.22 bits per heavy atom. The first kappa shape index (κ1) is 13.1. The van der Waals surface area contributed by atoms with Gasteiger partial charge in [0, 0.05) is 19.5 Å². The van der Waals surface area contributed by atoms with E-state index in [1.54, 1.807) is 0 Å². The lowest BCUT2D eigenvalue weighted by molar-refractivity contribution is -0.131. The summed E-state index contributed by atoms with van der Waals surface area (Å²) in [6.07, 6.45) is 2.62. The van der Waals surface area contributed by atoms with E-state index in [0.29, 0.717) is 13.0 Å². The van der Waals surface area contributed by atoms with Crippen LogP contribution in [0.5, 0.6) is 0 Å². The van der Waals surface area contributed by atoms with Crippen LogP contribution in [0.3, 0.4) is 0 Å². The molecule has 3 nitrogen and oxygen atoms in total. The van der Waals surface area contributed by atoms with Crippen molar-refractivity contribution in [2.45, 2.75) is 39.2 Å². The van der Waals surface area contributed by atoms with Crippen molar-refractivity contribution in [2.24, 2.45) is 5.73 Å². The Morgan fingerprint density at radius 1 is 1.44 bits per heavy atom. The Morgan fingerprint density at radius 3 is 2.94 bits per heavy atom. The predicted octanol–water partition coefficient (Wildman–Crippen LogP) is 2.32. The van der Waals surface area contributed by atoms with E-state index < -0.39 is 0 Å². The standard InChI is InChI=1S/C15H22N2O/c1-11-5-3-6-13(12(11)2)14-7-4-10-17(14)15(18)8-9-16/h3,5-6,14H,4,7-10,16H2,1-2H3/t14-/m1/s1. The van der Waals surface area contributed by atoms with Crippen LogP contribution in [0.1, 0.15) is 42.0 Å². The zero-order chi connectivity index (χ0) is 13.1. The first-order valence-corrected chi connectivity index (χ1v) is 6.70. The van der Waals surface area contributed by atoms with Gasteiger partial charge in [0.2, 0.25) is 5.91 Å². The van der Waals surface area contributed by atoms with Crippen LogP contribution in [-0.4, -0.2) is 23.9 Å². The van der Waals surface area contributed by atoms with Crippen LogP contribution >= 0.6 is 0 Å². The molecule has 3 heteroatoms. The highest BCUT2D eigenvalue weighted by Crippen LogP contribution is 2.34. The Bertz CT molecular complexity index is 442. The molecule has 0 radical (unpaired) electrons. The molecule has 2 N–H and O–H groups in total. The minimum atomic E-state index is 0.195. The first-order chi connectivity index (χ1) is 8.65. The quantitative estimate of drug-likeness (QED) is 0.889. The number of benzene rings is 1. The SMILES string of the molecule is Cc1cccc([C@H]2CCCN2C(=O)CCN)c1C. The molecule has 0 saturated carbocycles. The maximum atomic E-state index is 12.1. The van der Waals surface area contributed by atoms with Crippen LogP contribution in [0.2, 0.25) is 0 Å². The second kappa shape index (κ2) is 5.53. The fraction of sp³-hybridized carbons (Fsp3) is 0.533. The van der Waals surface area contributed by atoms with E-state index in [4.69, 9.17) is 5.73 Å². The van der Waals surface area contributed by atoms with E-state index in [1.165, 1.54) is 16.7 Å². The third-order valence-electron chi connectivity index (χ3n) is 3.94. The summed E-state index contributed by atoms with van der Waals surface area (Å²) in [5.74, 6) is 0.195. The fourth-order valence-corrected chi connectivity index (χ4v) is 2.79. The Kier molecular flexibility index (Phi) is 4.02. The van der Waals surface area contributed by atoms with Gasteiger partial charge in [-0.25, -0.2) is 0 Å². The summed E-state index contributed by atoms with van der Waals surface area (Å²) in [7, 11) is 0. The van der Waals surface area contributed by atoms with E-state index in [-0.39, 0.29) is 11.9 Å². The van der Waals surface area contributed by atoms with Crippen molar-refractivity contribution in [1.82, 2.24) is 4.90 Å². The fourth-order valence-electron chi connectivity index (χ4n) is 2.79. The second-order valence-electron chi connectivity index (χ2n) is 5.07. The minimum Gasteiger partial charge on any atom is -0.336 e. The summed E-state index contributed by atoms with van der Waals surface area (Å²) in [5.41, 5.74) is 9.40. The third kappa shape index (κ3) is 2.41. The molecule has 0 aromatic heterocycles. The third-order valence-corrected chi connectivity index (χ3v) is 3.94. The Labute approximate surface area is 109 Å². The molecule has 0 aliphatic carbocycles. The first-order valence-electron chi connectivity index (χ1n) is 6.70. The molecule has 1 aliphatic rings. The summed E-state index contributed by atoms with van der Waals surface area (Å²) in [5, 5.41) is 0. The summed E-state index contributed by atoms with van der Waals surface area (Å²) in [4.78, 5) is 14.1. The molecule has 1 fully saturated rings. The number of aryl methyl sites for hydroxylation is 1. The van der Waals surface area contributed by atoms with Gasteiger partial charge in [-0.1, -0.05) is 18.2 Å². The van der Waals surface area contributed by atoms with Gasteiger partial charge < -0.3 is 10.6 Å². The zero-order valence-electron chi connectivity index (χ0n) is 11.3. The maximum absolute atomic E-state index is 12.1. The van der Waals surface area contributed by atoms with Crippen LogP contribution in [0, 0.1) is 13.8 Å². The van der Waals surface area contributed by atoms with Crippen molar-refractivity contribution in [2.75, 3.05) is 13.1 Å². The number of nitrogens with zero attached hydrogens (tertiary/aromatic N) is 1. The minimum absolute atomic E-state index is 0.195. The Balaban J connectivity index is 2.26. The van der Waals surface area contributed by atoms with E-state index in [0.717, 1.165) is 19.4 Å². The molecule has 1 aromatic rings. The molecular weight excluding hydrogens is 224 g/mol. The number of hydrogen-bond acceptors (Lipinski definition) is 2. The molecule has 0 unspecified atom stereocenters. The molecular formula is C15H22N2O. The van der Waals surface area contributed by atoms with Gasteiger partial charge in [0.15, 0.2) is 0 Å². The number of likely N-dealkylation sites (tertiary alicyclic amines) is 1. The van der Waals surface area contributed by atoms with Crippen LogP contribution in [0.25, 0.3) is 0 Å². The highest BCUT2D eigenvalue weighted by Gasteiger charge is 2.30. The molecule has 1 aliphatic heterocycles. The number of rotatable bonds is 3. The van der Waals surface area contributed by atoms with E-state index in [2.05, 4.69) is 32.0 Å². The molecule has 18 heavy (non-hydrogen) atoms. The van der Waals surface area contributed by atoms with E-state index in [1.807, 2.05) is 4.90 Å². The summed E-state index contributed by atoms with van der Waals surface area (Å²) in [6.45, 7) is 5.58. The molecule has 1 heterocycles. The molecule has 98 valence electrons. The van der Waals surface area contributed by atoms with Crippen molar-refractivity contribution in [3.63, 3.8) is 0 Å². The van der Waals surface area contributed by atoms with Gasteiger partial charge in [-0.15, -0.1) is 0 Å². The van der Waals surface area contributed by atoms with Crippen molar-refractivity contribution < 1.29 is 4.79 Å². The highest BCUT2D eigenvalue weighted by atomic mass is 16.2. The van der Waals surface area contributed by atoms with Crippen LogP contribution in [-0.2, 0) is 4.79 Å². The Hall–Kier alpha value is -1.35. The highest BCUT2D eigenvalue weighted by molar-refractivity contribution is 5.77. The normalized spacial score (nSPS) is 19.3. The van der Waals surface area contributed by atoms with Crippen LogP contribution < -0.4 is 5.73 Å². The molecule has 1 atom stereocenters. The van der Waals surface area contributed by atoms with E-state index >= 15 is 0 Å². The number of nitrogens with two attached hydrogens (primary N) is 1. The number of carbonyl (C=O) groups is 1. The smallest absolute Gasteiger partial charge is 0.224 e. The predicted molar refractivity (Wildman–Crippen MR) is 73.3 cm³/mol. The maximum Gasteiger partial charge on any atom is 0.224 e. The van der Waals surface area contributed by atoms with Gasteiger partial charge in [0.1, 0.15) is 0 Å². The van der Waals surface area contributed by atoms with Gasteiger partial charge in [-0.05, 0) is 43.4 Å². The molecule has 0 bridgehead atoms. The number of carbonyl (C=O) groups excluding carboxylic acids is 1. The molecule has 1 amide bonds. The van der Waals surface area contributed by atoms with Gasteiger partial charge in [0.05, 0.1) is 6.04 Å². The summed E-state index contributed by atoms with van der Waals surface area (Å²) < 4.78 is 0. The second-order valence-corrected chi connectivity index (χ2v) is 5.07. The average Bonchev–Trinajstić information content (AvgIpc) is 2.82. The van der Waals surface area contributed by atoms with Crippen LogP contribution in [0.4, 0.5) is 0 Å². The number of amides is 1. The zero-order valence-corrected chi connectivity index (χ0v) is 11.3. The van der Waals surface area contributed by atoms with Crippen molar-refractivity contribution in [1.29, 1.82) is 0 Å². The lowest BCUT2D eigenvalue weighted by Crippen LogP contribution is -2.32. The van der Waals surface area contributed by atoms with Gasteiger partial charge >= 0.3 is 0 Å². The van der Waals surface area contributed by atoms with Crippen LogP contribution in [0.15, 0.2) is 18.2 Å². The van der Waals surface area contributed by atoms with Crippen molar-refractivity contribution >= 4 is 5.91 Å². The van der Waals surface area contributed by atoms with Crippen molar-refractivity contribution in [3.8, 4) is 0 Å². The lowest BCUT2D eigenvalue weighted by Gasteiger charge is -2.26.